The summed E-state index contributed by atoms with van der Waals surface area (Å²) in [6.45, 7) is 3.31. The predicted molar refractivity (Wildman–Crippen MR) is 117 cm³/mol. The number of nitrogens with zero attached hydrogens (tertiary/aromatic N) is 1. The number of nitrogens with one attached hydrogen (secondary N) is 1. The highest BCUT2D eigenvalue weighted by Gasteiger charge is 2.20. The van der Waals surface area contributed by atoms with Crippen molar-refractivity contribution in [3.05, 3.63) is 64.7 Å². The minimum absolute atomic E-state index is 0.135. The molecule has 1 amide bonds. The maximum atomic E-state index is 12.2. The van der Waals surface area contributed by atoms with Crippen molar-refractivity contribution < 1.29 is 17.9 Å². The first-order valence-corrected chi connectivity index (χ1v) is 11.6. The molecular weight excluding hydrogens is 412 g/mol. The number of sulfonamides is 1. The zero-order valence-electron chi connectivity index (χ0n) is 16.7. The molecule has 0 spiro atoms. The maximum absolute atomic E-state index is 12.2. The van der Waals surface area contributed by atoms with E-state index in [1.165, 1.54) is 4.31 Å². The van der Waals surface area contributed by atoms with Crippen LogP contribution in [0, 0.1) is 6.92 Å². The first kappa shape index (κ1) is 23.2. The molecule has 2 aromatic rings. The lowest BCUT2D eigenvalue weighted by Crippen LogP contribution is -2.33. The Bertz CT molecular complexity index is 904. The van der Waals surface area contributed by atoms with Crippen LogP contribution in [0.15, 0.2) is 48.5 Å². The fourth-order valence-electron chi connectivity index (χ4n) is 2.83. The molecule has 8 heteroatoms. The molecule has 2 aromatic carbocycles. The van der Waals surface area contributed by atoms with Crippen LogP contribution in [0.2, 0.25) is 5.02 Å². The third kappa shape index (κ3) is 7.68. The second kappa shape index (κ2) is 11.2. The Hall–Kier alpha value is -2.09. The molecule has 6 nitrogen and oxygen atoms in total. The van der Waals surface area contributed by atoms with Gasteiger partial charge in [0.15, 0.2) is 0 Å². The van der Waals surface area contributed by atoms with Gasteiger partial charge in [-0.3, -0.25) is 9.10 Å². The van der Waals surface area contributed by atoms with Crippen molar-refractivity contribution in [2.75, 3.05) is 30.3 Å². The van der Waals surface area contributed by atoms with E-state index in [4.69, 9.17) is 16.3 Å². The summed E-state index contributed by atoms with van der Waals surface area (Å²) < 4.78 is 31.2. The minimum Gasteiger partial charge on any atom is -0.375 e. The van der Waals surface area contributed by atoms with Crippen LogP contribution in [0.5, 0.6) is 0 Å². The van der Waals surface area contributed by atoms with E-state index in [-0.39, 0.29) is 18.9 Å². The monoisotopic (exact) mass is 438 g/mol. The molecule has 0 aliphatic rings. The Labute approximate surface area is 177 Å². The molecular formula is C21H27ClN2O4S. The topological polar surface area (TPSA) is 75.7 Å². The second-order valence-corrected chi connectivity index (χ2v) is 9.02. The fraction of sp³-hybridized carbons (Fsp3) is 0.381. The molecule has 158 valence electrons. The van der Waals surface area contributed by atoms with E-state index in [0.29, 0.717) is 42.5 Å². The van der Waals surface area contributed by atoms with Crippen LogP contribution in [0.4, 0.5) is 5.69 Å². The molecule has 0 aliphatic heterocycles. The molecule has 0 aliphatic carbocycles. The standard InChI is InChI=1S/C21H27ClN2O4S/c1-17-19(22)10-6-11-20(17)24(29(2,26)27)14-7-12-21(25)23-13-15-28-16-18-8-4-3-5-9-18/h3-6,8-11H,7,12-16H2,1-2H3,(H,23,25). The summed E-state index contributed by atoms with van der Waals surface area (Å²) in [5.41, 5.74) is 2.31. The van der Waals surface area contributed by atoms with Gasteiger partial charge in [0.25, 0.3) is 0 Å². The summed E-state index contributed by atoms with van der Waals surface area (Å²) in [6.07, 6.45) is 1.78. The van der Waals surface area contributed by atoms with Crippen molar-refractivity contribution in [1.29, 1.82) is 0 Å². The van der Waals surface area contributed by atoms with Crippen LogP contribution in [0.25, 0.3) is 0 Å². The lowest BCUT2D eigenvalue weighted by molar-refractivity contribution is -0.121. The number of carbonyl (C=O) groups excluding carboxylic acids is 1. The number of rotatable bonds is 11. The van der Waals surface area contributed by atoms with E-state index in [9.17, 15) is 13.2 Å². The highest BCUT2D eigenvalue weighted by molar-refractivity contribution is 7.92. The van der Waals surface area contributed by atoms with E-state index in [2.05, 4.69) is 5.32 Å². The van der Waals surface area contributed by atoms with Gasteiger partial charge in [-0.25, -0.2) is 8.42 Å². The molecule has 0 fully saturated rings. The fourth-order valence-corrected chi connectivity index (χ4v) is 4.02. The zero-order chi connectivity index (χ0) is 21.3. The van der Waals surface area contributed by atoms with E-state index in [1.54, 1.807) is 25.1 Å². The van der Waals surface area contributed by atoms with Crippen molar-refractivity contribution in [1.82, 2.24) is 5.32 Å². The smallest absolute Gasteiger partial charge is 0.232 e. The molecule has 0 heterocycles. The van der Waals surface area contributed by atoms with Crippen LogP contribution in [-0.2, 0) is 26.2 Å². The van der Waals surface area contributed by atoms with Crippen molar-refractivity contribution in [2.24, 2.45) is 0 Å². The van der Waals surface area contributed by atoms with Crippen LogP contribution in [0.3, 0.4) is 0 Å². The van der Waals surface area contributed by atoms with Crippen LogP contribution in [-0.4, -0.2) is 40.3 Å². The van der Waals surface area contributed by atoms with Crippen molar-refractivity contribution in [3.63, 3.8) is 0 Å². The number of ether oxygens (including phenoxy) is 1. The SMILES string of the molecule is Cc1c(Cl)cccc1N(CCCC(=O)NCCOCc1ccccc1)S(C)(=O)=O. The third-order valence-electron chi connectivity index (χ3n) is 4.35. The van der Waals surface area contributed by atoms with Crippen LogP contribution < -0.4 is 9.62 Å². The number of hydrogen-bond acceptors (Lipinski definition) is 4. The van der Waals surface area contributed by atoms with Gasteiger partial charge in [0.05, 0.1) is 25.2 Å². The van der Waals surface area contributed by atoms with E-state index in [0.717, 1.165) is 11.8 Å². The Kier molecular flexibility index (Phi) is 8.95. The molecule has 0 saturated carbocycles. The molecule has 0 radical (unpaired) electrons. The number of anilines is 1. The Morgan fingerprint density at radius 2 is 1.86 bits per heavy atom. The molecule has 0 saturated heterocycles. The van der Waals surface area contributed by atoms with E-state index >= 15 is 0 Å². The quantitative estimate of drug-likeness (QED) is 0.544. The van der Waals surface area contributed by atoms with Gasteiger partial charge in [-0.1, -0.05) is 48.0 Å². The zero-order valence-corrected chi connectivity index (χ0v) is 18.3. The average Bonchev–Trinajstić information content (AvgIpc) is 2.67. The van der Waals surface area contributed by atoms with Gasteiger partial charge in [-0.15, -0.1) is 0 Å². The highest BCUT2D eigenvalue weighted by atomic mass is 35.5. The molecule has 29 heavy (non-hydrogen) atoms. The molecule has 0 unspecified atom stereocenters. The number of hydrogen-bond donors (Lipinski definition) is 1. The van der Waals surface area contributed by atoms with Crippen LogP contribution in [0.1, 0.15) is 24.0 Å². The molecule has 0 bridgehead atoms. The molecule has 0 atom stereocenters. The lowest BCUT2D eigenvalue weighted by atomic mass is 10.2. The van der Waals surface area contributed by atoms with Gasteiger partial charge < -0.3 is 10.1 Å². The molecule has 1 N–H and O–H groups in total. The van der Waals surface area contributed by atoms with Gasteiger partial charge in [0.2, 0.25) is 15.9 Å². The van der Waals surface area contributed by atoms with Gasteiger partial charge in [-0.05, 0) is 36.6 Å². The minimum atomic E-state index is -3.48. The first-order valence-electron chi connectivity index (χ1n) is 9.40. The third-order valence-corrected chi connectivity index (χ3v) is 5.94. The normalized spacial score (nSPS) is 11.3. The summed E-state index contributed by atoms with van der Waals surface area (Å²) >= 11 is 6.12. The van der Waals surface area contributed by atoms with E-state index < -0.39 is 10.0 Å². The van der Waals surface area contributed by atoms with Gasteiger partial charge in [-0.2, -0.15) is 0 Å². The summed E-state index contributed by atoms with van der Waals surface area (Å²) in [4.78, 5) is 12.0. The van der Waals surface area contributed by atoms with Gasteiger partial charge >= 0.3 is 0 Å². The van der Waals surface area contributed by atoms with Gasteiger partial charge in [0, 0.05) is 24.5 Å². The Balaban J connectivity index is 1.74. The summed E-state index contributed by atoms with van der Waals surface area (Å²) in [5.74, 6) is -0.135. The number of benzene rings is 2. The average molecular weight is 439 g/mol. The summed E-state index contributed by atoms with van der Waals surface area (Å²) in [5, 5.41) is 3.29. The Morgan fingerprint density at radius 1 is 1.14 bits per heavy atom. The van der Waals surface area contributed by atoms with E-state index in [1.807, 2.05) is 30.3 Å². The predicted octanol–water partition coefficient (Wildman–Crippen LogP) is 3.53. The Morgan fingerprint density at radius 3 is 2.55 bits per heavy atom. The second-order valence-electron chi connectivity index (χ2n) is 6.71. The van der Waals surface area contributed by atoms with Crippen molar-refractivity contribution >= 4 is 33.2 Å². The molecule has 0 aromatic heterocycles. The lowest BCUT2D eigenvalue weighted by Gasteiger charge is -2.24. The largest absolute Gasteiger partial charge is 0.375 e. The maximum Gasteiger partial charge on any atom is 0.232 e. The van der Waals surface area contributed by atoms with Gasteiger partial charge in [0.1, 0.15) is 0 Å². The summed E-state index contributed by atoms with van der Waals surface area (Å²) in [6, 6.07) is 15.0. The van der Waals surface area contributed by atoms with Crippen LogP contribution >= 0.6 is 11.6 Å². The number of amides is 1. The van der Waals surface area contributed by atoms with Crippen molar-refractivity contribution in [3.8, 4) is 0 Å². The highest BCUT2D eigenvalue weighted by Crippen LogP contribution is 2.28. The molecule has 2 rings (SSSR count). The summed E-state index contributed by atoms with van der Waals surface area (Å²) in [7, 11) is -3.48. The first-order chi connectivity index (χ1) is 13.8. The number of halogens is 1. The number of carbonyl (C=O) groups is 1. The van der Waals surface area contributed by atoms with Crippen molar-refractivity contribution in [2.45, 2.75) is 26.4 Å².